The van der Waals surface area contributed by atoms with Crippen molar-refractivity contribution in [1.82, 2.24) is 0 Å². The maximum absolute atomic E-state index is 11.3. The van der Waals surface area contributed by atoms with Gasteiger partial charge >= 0.3 is 5.97 Å². The summed E-state index contributed by atoms with van der Waals surface area (Å²) in [5.41, 5.74) is 3.59. The zero-order chi connectivity index (χ0) is 16.8. The van der Waals surface area contributed by atoms with Crippen LogP contribution in [0.5, 0.6) is 5.75 Å². The molecule has 0 aromatic heterocycles. The lowest BCUT2D eigenvalue weighted by atomic mass is 9.85. The van der Waals surface area contributed by atoms with Gasteiger partial charge < -0.3 is 4.74 Å². The first-order chi connectivity index (χ1) is 11.8. The van der Waals surface area contributed by atoms with Crippen LogP contribution in [-0.4, -0.2) is 5.97 Å². The van der Waals surface area contributed by atoms with Gasteiger partial charge in [-0.2, -0.15) is 0 Å². The smallest absolute Gasteiger partial charge is 0.335 e. The van der Waals surface area contributed by atoms with E-state index in [0.717, 1.165) is 11.6 Å². The number of hydrogen-bond donors (Lipinski definition) is 0. The molecule has 0 saturated heterocycles. The van der Waals surface area contributed by atoms with Crippen molar-refractivity contribution in [2.24, 2.45) is 0 Å². The Bertz CT molecular complexity index is 766. The third-order valence-corrected chi connectivity index (χ3v) is 3.86. The number of ether oxygens (including phenoxy) is 1. The molecular formula is C22H18O2. The molecule has 0 fully saturated rings. The highest BCUT2D eigenvalue weighted by Gasteiger charge is 2.16. The van der Waals surface area contributed by atoms with E-state index in [1.165, 1.54) is 11.1 Å². The van der Waals surface area contributed by atoms with Gasteiger partial charge in [-0.25, -0.2) is 4.79 Å². The van der Waals surface area contributed by atoms with E-state index in [0.29, 0.717) is 5.75 Å². The maximum atomic E-state index is 11.3. The fraction of sp³-hybridized carbons (Fsp3) is 0.0455. The number of esters is 1. The zero-order valence-electron chi connectivity index (χ0n) is 13.3. The number of benzene rings is 3. The van der Waals surface area contributed by atoms with Gasteiger partial charge in [-0.1, -0.05) is 79.4 Å². The minimum atomic E-state index is -0.453. The average molecular weight is 314 g/mol. The second kappa shape index (κ2) is 7.42. The molecule has 0 aliphatic carbocycles. The van der Waals surface area contributed by atoms with Crippen molar-refractivity contribution in [2.45, 2.75) is 5.92 Å². The van der Waals surface area contributed by atoms with Crippen LogP contribution in [0.4, 0.5) is 0 Å². The quantitative estimate of drug-likeness (QED) is 0.288. The summed E-state index contributed by atoms with van der Waals surface area (Å²) in [5, 5.41) is 0. The van der Waals surface area contributed by atoms with E-state index < -0.39 is 5.97 Å². The molecule has 2 heteroatoms. The SMILES string of the molecule is C=CC(=O)Oc1ccc(C(c2ccccc2)c2ccccc2)cc1. The minimum absolute atomic E-state index is 0.136. The normalized spacial score (nSPS) is 10.4. The van der Waals surface area contributed by atoms with Gasteiger partial charge in [0.1, 0.15) is 5.75 Å². The Labute approximate surface area is 142 Å². The van der Waals surface area contributed by atoms with Gasteiger partial charge in [-0.15, -0.1) is 0 Å². The van der Waals surface area contributed by atoms with Crippen molar-refractivity contribution in [3.05, 3.63) is 114 Å². The Morgan fingerprint density at radius 2 is 1.21 bits per heavy atom. The lowest BCUT2D eigenvalue weighted by Crippen LogP contribution is -2.05. The molecule has 3 rings (SSSR count). The van der Waals surface area contributed by atoms with Crippen LogP contribution >= 0.6 is 0 Å². The summed E-state index contributed by atoms with van der Waals surface area (Å²) in [6, 6.07) is 28.4. The highest BCUT2D eigenvalue weighted by atomic mass is 16.5. The Hall–Kier alpha value is -3.13. The van der Waals surface area contributed by atoms with Crippen LogP contribution in [0.15, 0.2) is 97.6 Å². The third kappa shape index (κ3) is 3.61. The van der Waals surface area contributed by atoms with E-state index in [4.69, 9.17) is 4.74 Å². The lowest BCUT2D eigenvalue weighted by Gasteiger charge is -2.19. The van der Waals surface area contributed by atoms with Gasteiger partial charge in [0.25, 0.3) is 0 Å². The van der Waals surface area contributed by atoms with Crippen LogP contribution < -0.4 is 4.74 Å². The maximum Gasteiger partial charge on any atom is 0.335 e. The number of hydrogen-bond acceptors (Lipinski definition) is 2. The summed E-state index contributed by atoms with van der Waals surface area (Å²) in [7, 11) is 0. The summed E-state index contributed by atoms with van der Waals surface area (Å²) in [4.78, 5) is 11.3. The van der Waals surface area contributed by atoms with E-state index in [1.54, 1.807) is 0 Å². The van der Waals surface area contributed by atoms with Crippen molar-refractivity contribution < 1.29 is 9.53 Å². The van der Waals surface area contributed by atoms with E-state index in [1.807, 2.05) is 60.7 Å². The first kappa shape index (κ1) is 15.8. The van der Waals surface area contributed by atoms with Crippen molar-refractivity contribution in [2.75, 3.05) is 0 Å². The van der Waals surface area contributed by atoms with Gasteiger partial charge in [0.2, 0.25) is 0 Å². The van der Waals surface area contributed by atoms with Crippen LogP contribution in [0, 0.1) is 0 Å². The van der Waals surface area contributed by atoms with Crippen LogP contribution in [-0.2, 0) is 4.79 Å². The fourth-order valence-corrected chi connectivity index (χ4v) is 2.75. The standard InChI is InChI=1S/C22H18O2/c1-2-21(23)24-20-15-13-19(14-16-20)22(17-9-5-3-6-10-17)18-11-7-4-8-12-18/h2-16,22H,1H2. The molecule has 0 spiro atoms. The molecule has 0 radical (unpaired) electrons. The molecule has 24 heavy (non-hydrogen) atoms. The molecule has 118 valence electrons. The van der Waals surface area contributed by atoms with Crippen molar-refractivity contribution in [3.8, 4) is 5.75 Å². The number of carbonyl (C=O) groups is 1. The van der Waals surface area contributed by atoms with E-state index in [2.05, 4.69) is 30.8 Å². The van der Waals surface area contributed by atoms with Gasteiger partial charge in [-0.3, -0.25) is 0 Å². The highest BCUT2D eigenvalue weighted by molar-refractivity contribution is 5.83. The molecule has 0 amide bonds. The molecule has 0 aliphatic heterocycles. The molecule has 0 aliphatic rings. The Kier molecular flexibility index (Phi) is 4.87. The molecule has 0 unspecified atom stereocenters. The monoisotopic (exact) mass is 314 g/mol. The van der Waals surface area contributed by atoms with Gasteiger partial charge in [-0.05, 0) is 28.8 Å². The third-order valence-electron chi connectivity index (χ3n) is 3.86. The molecular weight excluding hydrogens is 296 g/mol. The van der Waals surface area contributed by atoms with E-state index in [-0.39, 0.29) is 5.92 Å². The molecule has 0 bridgehead atoms. The van der Waals surface area contributed by atoms with Crippen LogP contribution in [0.1, 0.15) is 22.6 Å². The first-order valence-electron chi connectivity index (χ1n) is 7.82. The molecule has 0 N–H and O–H groups in total. The number of rotatable bonds is 5. The van der Waals surface area contributed by atoms with Crippen LogP contribution in [0.25, 0.3) is 0 Å². The largest absolute Gasteiger partial charge is 0.423 e. The van der Waals surface area contributed by atoms with E-state index in [9.17, 15) is 4.79 Å². The molecule has 3 aromatic rings. The Morgan fingerprint density at radius 1 is 0.750 bits per heavy atom. The molecule has 3 aromatic carbocycles. The Balaban J connectivity index is 1.97. The molecule has 2 nitrogen and oxygen atoms in total. The first-order valence-corrected chi connectivity index (χ1v) is 7.82. The summed E-state index contributed by atoms with van der Waals surface area (Å²) in [6.45, 7) is 3.41. The fourth-order valence-electron chi connectivity index (χ4n) is 2.75. The molecule has 0 saturated carbocycles. The van der Waals surface area contributed by atoms with Crippen molar-refractivity contribution in [1.29, 1.82) is 0 Å². The van der Waals surface area contributed by atoms with Crippen molar-refractivity contribution in [3.63, 3.8) is 0 Å². The predicted molar refractivity (Wildman–Crippen MR) is 96.1 cm³/mol. The highest BCUT2D eigenvalue weighted by Crippen LogP contribution is 2.32. The zero-order valence-corrected chi connectivity index (χ0v) is 13.3. The second-order valence-electron chi connectivity index (χ2n) is 5.45. The van der Waals surface area contributed by atoms with Gasteiger partial charge in [0.05, 0.1) is 0 Å². The topological polar surface area (TPSA) is 26.3 Å². The van der Waals surface area contributed by atoms with E-state index >= 15 is 0 Å². The average Bonchev–Trinajstić information content (AvgIpc) is 2.65. The number of carbonyl (C=O) groups excluding carboxylic acids is 1. The Morgan fingerprint density at radius 3 is 1.67 bits per heavy atom. The van der Waals surface area contributed by atoms with Crippen molar-refractivity contribution >= 4 is 5.97 Å². The van der Waals surface area contributed by atoms with Crippen LogP contribution in [0.2, 0.25) is 0 Å². The summed E-state index contributed by atoms with van der Waals surface area (Å²) < 4.78 is 5.15. The predicted octanol–water partition coefficient (Wildman–Crippen LogP) is 4.96. The molecule has 0 heterocycles. The van der Waals surface area contributed by atoms with Crippen LogP contribution in [0.3, 0.4) is 0 Å². The van der Waals surface area contributed by atoms with Gasteiger partial charge in [0.15, 0.2) is 0 Å². The van der Waals surface area contributed by atoms with Gasteiger partial charge in [0, 0.05) is 12.0 Å². The molecule has 0 atom stereocenters. The summed E-state index contributed by atoms with van der Waals surface area (Å²) in [6.07, 6.45) is 1.16. The summed E-state index contributed by atoms with van der Waals surface area (Å²) >= 11 is 0. The second-order valence-corrected chi connectivity index (χ2v) is 5.45. The minimum Gasteiger partial charge on any atom is -0.423 e. The lowest BCUT2D eigenvalue weighted by molar-refractivity contribution is -0.128. The summed E-state index contributed by atoms with van der Waals surface area (Å²) in [5.74, 6) is 0.200.